The Labute approximate surface area is 233 Å². The largest absolute Gasteiger partial charge is 0.497 e. The lowest BCUT2D eigenvalue weighted by molar-refractivity contribution is -0.216. The molecule has 0 saturated carbocycles. The zero-order valence-electron chi connectivity index (χ0n) is 23.5. The van der Waals surface area contributed by atoms with E-state index in [1.54, 1.807) is 7.11 Å². The van der Waals surface area contributed by atoms with E-state index in [1.807, 2.05) is 26.0 Å². The number of halogens is 1. The molecule has 0 amide bonds. The lowest BCUT2D eigenvalue weighted by Gasteiger charge is -2.44. The van der Waals surface area contributed by atoms with Crippen LogP contribution in [0.4, 0.5) is 4.39 Å². The molecule has 0 N–H and O–H groups in total. The molecule has 1 aromatic carbocycles. The molecule has 2 fully saturated rings. The first-order valence-electron chi connectivity index (χ1n) is 14.3. The van der Waals surface area contributed by atoms with Crippen molar-refractivity contribution in [3.63, 3.8) is 0 Å². The van der Waals surface area contributed by atoms with Crippen LogP contribution in [0, 0.1) is 0 Å². The van der Waals surface area contributed by atoms with Gasteiger partial charge < -0.3 is 28.4 Å². The second kappa shape index (κ2) is 10.2. The number of benzene rings is 1. The highest BCUT2D eigenvalue weighted by Crippen LogP contribution is 2.56. The number of alkyl halides is 1. The third kappa shape index (κ3) is 4.53. The molecule has 2 saturated heterocycles. The SMILES string of the molecule is COC1=C[C@]23CCCN2CCc2cc4c(cc2[C@@H]3C1OC(=O)[C@]1(CC(=O)OCCF)CCCC(C)(C)O1)OCO4. The average molecular weight is 560 g/mol. The van der Waals surface area contributed by atoms with Crippen molar-refractivity contribution in [1.82, 2.24) is 4.90 Å². The summed E-state index contributed by atoms with van der Waals surface area (Å²) in [6.45, 7) is 4.61. The van der Waals surface area contributed by atoms with Crippen LogP contribution < -0.4 is 9.47 Å². The highest BCUT2D eigenvalue weighted by molar-refractivity contribution is 5.86. The summed E-state index contributed by atoms with van der Waals surface area (Å²) in [5, 5.41) is 0. The van der Waals surface area contributed by atoms with E-state index in [2.05, 4.69) is 11.0 Å². The molecular formula is C30H38FNO8. The number of esters is 2. The second-order valence-corrected chi connectivity index (χ2v) is 12.1. The van der Waals surface area contributed by atoms with Crippen molar-refractivity contribution < 1.29 is 42.4 Å². The van der Waals surface area contributed by atoms with E-state index >= 15 is 0 Å². The second-order valence-electron chi connectivity index (χ2n) is 12.1. The fourth-order valence-corrected chi connectivity index (χ4v) is 7.52. The summed E-state index contributed by atoms with van der Waals surface area (Å²) >= 11 is 0. The number of rotatable bonds is 7. The summed E-state index contributed by atoms with van der Waals surface area (Å²) in [7, 11) is 1.60. The zero-order chi connectivity index (χ0) is 28.1. The van der Waals surface area contributed by atoms with Gasteiger partial charge in [0.05, 0.1) is 30.6 Å². The van der Waals surface area contributed by atoms with E-state index in [0.29, 0.717) is 24.4 Å². The first kappa shape index (κ1) is 27.3. The quantitative estimate of drug-likeness (QED) is 0.460. The van der Waals surface area contributed by atoms with Crippen molar-refractivity contribution >= 4 is 11.9 Å². The van der Waals surface area contributed by atoms with Gasteiger partial charge >= 0.3 is 11.9 Å². The summed E-state index contributed by atoms with van der Waals surface area (Å²) < 4.78 is 47.8. The van der Waals surface area contributed by atoms with E-state index < -0.39 is 35.9 Å². The Morgan fingerprint density at radius 2 is 1.90 bits per heavy atom. The lowest BCUT2D eigenvalue weighted by atomic mass is 9.77. The highest BCUT2D eigenvalue weighted by Gasteiger charge is 2.60. The molecule has 5 aliphatic rings. The van der Waals surface area contributed by atoms with Gasteiger partial charge in [0.25, 0.3) is 0 Å². The van der Waals surface area contributed by atoms with Crippen LogP contribution in [0.15, 0.2) is 24.0 Å². The van der Waals surface area contributed by atoms with Gasteiger partial charge in [-0.05, 0) is 88.3 Å². The summed E-state index contributed by atoms with van der Waals surface area (Å²) in [6.07, 6.45) is 5.52. The lowest BCUT2D eigenvalue weighted by Crippen LogP contribution is -2.54. The summed E-state index contributed by atoms with van der Waals surface area (Å²) in [5.74, 6) is 0.436. The molecule has 0 radical (unpaired) electrons. The maximum atomic E-state index is 14.2. The Kier molecular flexibility index (Phi) is 6.97. The summed E-state index contributed by atoms with van der Waals surface area (Å²) in [5.41, 5.74) is -0.384. The van der Waals surface area contributed by atoms with Gasteiger partial charge in [-0.15, -0.1) is 0 Å². The van der Waals surface area contributed by atoms with Crippen LogP contribution in [0.1, 0.15) is 69.4 Å². The first-order chi connectivity index (χ1) is 19.2. The number of ether oxygens (including phenoxy) is 6. The monoisotopic (exact) mass is 559 g/mol. The maximum absolute atomic E-state index is 14.2. The average Bonchev–Trinajstić information content (AvgIpc) is 3.60. The molecule has 0 aromatic heterocycles. The normalized spacial score (nSPS) is 31.9. The molecule has 1 aromatic rings. The predicted octanol–water partition coefficient (Wildman–Crippen LogP) is 3.97. The molecule has 9 nitrogen and oxygen atoms in total. The van der Waals surface area contributed by atoms with Gasteiger partial charge in [0, 0.05) is 6.54 Å². The molecule has 10 heteroatoms. The van der Waals surface area contributed by atoms with Crippen LogP contribution in [0.5, 0.6) is 11.5 Å². The summed E-state index contributed by atoms with van der Waals surface area (Å²) in [6, 6.07) is 4.08. The van der Waals surface area contributed by atoms with Gasteiger partial charge in [0.15, 0.2) is 23.2 Å². The van der Waals surface area contributed by atoms with Crippen molar-refractivity contribution in [3.8, 4) is 11.5 Å². The van der Waals surface area contributed by atoms with Gasteiger partial charge in [-0.2, -0.15) is 0 Å². The topological polar surface area (TPSA) is 92.8 Å². The van der Waals surface area contributed by atoms with Crippen LogP contribution in [-0.4, -0.2) is 80.0 Å². The third-order valence-corrected chi connectivity index (χ3v) is 9.17. The minimum atomic E-state index is -1.54. The Morgan fingerprint density at radius 3 is 2.65 bits per heavy atom. The van der Waals surface area contributed by atoms with Crippen molar-refractivity contribution in [2.75, 3.05) is 40.3 Å². The van der Waals surface area contributed by atoms with E-state index in [-0.39, 0.29) is 31.3 Å². The van der Waals surface area contributed by atoms with Gasteiger partial charge in [0.1, 0.15) is 19.0 Å². The van der Waals surface area contributed by atoms with Crippen LogP contribution in [-0.2, 0) is 35.0 Å². The van der Waals surface area contributed by atoms with E-state index in [0.717, 1.165) is 55.6 Å². The molecule has 1 aliphatic carbocycles. The van der Waals surface area contributed by atoms with Gasteiger partial charge in [-0.1, -0.05) is 0 Å². The van der Waals surface area contributed by atoms with E-state index in [9.17, 15) is 14.0 Å². The Bertz CT molecular complexity index is 1220. The molecule has 4 atom stereocenters. The Hall–Kier alpha value is -2.85. The molecule has 1 unspecified atom stereocenters. The van der Waals surface area contributed by atoms with E-state index in [4.69, 9.17) is 28.4 Å². The molecule has 0 bridgehead atoms. The third-order valence-electron chi connectivity index (χ3n) is 9.17. The van der Waals surface area contributed by atoms with Gasteiger partial charge in [0.2, 0.25) is 6.79 Å². The van der Waals surface area contributed by atoms with Gasteiger partial charge in [-0.3, -0.25) is 9.69 Å². The number of carbonyl (C=O) groups is 2. The van der Waals surface area contributed by atoms with Crippen LogP contribution >= 0.6 is 0 Å². The fourth-order valence-electron chi connectivity index (χ4n) is 7.52. The predicted molar refractivity (Wildman–Crippen MR) is 141 cm³/mol. The smallest absolute Gasteiger partial charge is 0.339 e. The molecule has 1 spiro atoms. The number of methoxy groups -OCH3 is 1. The molecule has 6 rings (SSSR count). The number of hydrogen-bond acceptors (Lipinski definition) is 9. The molecular weight excluding hydrogens is 521 g/mol. The number of hydrogen-bond donors (Lipinski definition) is 0. The Balaban J connectivity index is 1.38. The number of fused-ring (bicyclic) bond motifs is 3. The molecule has 40 heavy (non-hydrogen) atoms. The fraction of sp³-hybridized carbons (Fsp3) is 0.667. The van der Waals surface area contributed by atoms with Crippen LogP contribution in [0.3, 0.4) is 0 Å². The highest BCUT2D eigenvalue weighted by atomic mass is 19.1. The van der Waals surface area contributed by atoms with E-state index in [1.165, 1.54) is 0 Å². The Morgan fingerprint density at radius 1 is 1.10 bits per heavy atom. The van der Waals surface area contributed by atoms with Crippen LogP contribution in [0.25, 0.3) is 0 Å². The standard InChI is InChI=1S/C30H38FNO8/c1-28(2)7-4-9-30(40-28,17-24(33)36-13-10-31)27(34)39-26-23(35-3)16-29-8-5-11-32(29)12-6-19-14-21-22(38-18-37-21)15-20(19)25(26)29/h14-16,25-26H,4-13,17-18H2,1-3H3/t25-,26?,29+,30-/m1/s1. The molecule has 218 valence electrons. The summed E-state index contributed by atoms with van der Waals surface area (Å²) in [4.78, 5) is 29.4. The number of nitrogens with zero attached hydrogens (tertiary/aromatic N) is 1. The van der Waals surface area contributed by atoms with Crippen LogP contribution in [0.2, 0.25) is 0 Å². The van der Waals surface area contributed by atoms with Crippen molar-refractivity contribution in [2.24, 2.45) is 0 Å². The van der Waals surface area contributed by atoms with Crippen molar-refractivity contribution in [1.29, 1.82) is 0 Å². The first-order valence-corrected chi connectivity index (χ1v) is 14.3. The molecule has 4 aliphatic heterocycles. The van der Waals surface area contributed by atoms with Gasteiger partial charge in [-0.25, -0.2) is 9.18 Å². The zero-order valence-corrected chi connectivity index (χ0v) is 23.5. The minimum Gasteiger partial charge on any atom is -0.497 e. The van der Waals surface area contributed by atoms with Crippen molar-refractivity contribution in [2.45, 2.75) is 87.6 Å². The minimum absolute atomic E-state index is 0.175. The maximum Gasteiger partial charge on any atom is 0.339 e. The number of carbonyl (C=O) groups excluding carboxylic acids is 2. The van der Waals surface area contributed by atoms with Crippen molar-refractivity contribution in [3.05, 3.63) is 35.1 Å². The molecule has 4 heterocycles.